The SMILES string of the molecule is O=C1c2c(ccc3ccccc23)SCC1Br. The molecule has 1 atom stereocenters. The van der Waals surface area contributed by atoms with Crippen LogP contribution in [0.1, 0.15) is 10.4 Å². The monoisotopic (exact) mass is 292 g/mol. The number of carbonyl (C=O) groups excluding carboxylic acids is 1. The fourth-order valence-corrected chi connectivity index (χ4v) is 3.64. The number of alkyl halides is 1. The first-order valence-corrected chi connectivity index (χ1v) is 7.00. The Morgan fingerprint density at radius 2 is 2.00 bits per heavy atom. The Morgan fingerprint density at radius 3 is 2.88 bits per heavy atom. The van der Waals surface area contributed by atoms with Crippen molar-refractivity contribution in [3.05, 3.63) is 42.0 Å². The minimum atomic E-state index is -0.0455. The molecule has 0 aliphatic carbocycles. The summed E-state index contributed by atoms with van der Waals surface area (Å²) in [5.74, 6) is 1.04. The Bertz CT molecular complexity index is 579. The second-order valence-electron chi connectivity index (χ2n) is 3.80. The zero-order valence-electron chi connectivity index (χ0n) is 8.44. The van der Waals surface area contributed by atoms with E-state index in [0.29, 0.717) is 0 Å². The van der Waals surface area contributed by atoms with Crippen LogP contribution in [-0.2, 0) is 0 Å². The number of fused-ring (bicyclic) bond motifs is 3. The first-order chi connectivity index (χ1) is 7.77. The molecule has 0 N–H and O–H groups in total. The van der Waals surface area contributed by atoms with Crippen LogP contribution in [-0.4, -0.2) is 16.4 Å². The predicted molar refractivity (Wildman–Crippen MR) is 71.7 cm³/mol. The van der Waals surface area contributed by atoms with Crippen molar-refractivity contribution in [1.29, 1.82) is 0 Å². The minimum absolute atomic E-state index is 0.0455. The van der Waals surface area contributed by atoms with Crippen LogP contribution in [0.2, 0.25) is 0 Å². The highest BCUT2D eigenvalue weighted by atomic mass is 79.9. The molecule has 80 valence electrons. The van der Waals surface area contributed by atoms with E-state index in [-0.39, 0.29) is 10.6 Å². The van der Waals surface area contributed by atoms with Crippen molar-refractivity contribution < 1.29 is 4.79 Å². The van der Waals surface area contributed by atoms with Gasteiger partial charge in [-0.3, -0.25) is 4.79 Å². The molecule has 0 amide bonds. The molecule has 2 aromatic carbocycles. The molecule has 1 aliphatic heterocycles. The van der Waals surface area contributed by atoms with Gasteiger partial charge in [-0.15, -0.1) is 11.8 Å². The third kappa shape index (κ3) is 1.50. The molecule has 0 saturated heterocycles. The van der Waals surface area contributed by atoms with E-state index in [4.69, 9.17) is 0 Å². The molecule has 16 heavy (non-hydrogen) atoms. The molecule has 0 fully saturated rings. The minimum Gasteiger partial charge on any atom is -0.293 e. The summed E-state index contributed by atoms with van der Waals surface area (Å²) in [6.45, 7) is 0. The summed E-state index contributed by atoms with van der Waals surface area (Å²) in [6, 6.07) is 12.2. The van der Waals surface area contributed by atoms with E-state index in [2.05, 4.69) is 28.1 Å². The summed E-state index contributed by atoms with van der Waals surface area (Å²) in [4.78, 5) is 13.2. The normalized spacial score (nSPS) is 19.8. The van der Waals surface area contributed by atoms with Crippen LogP contribution in [0, 0.1) is 0 Å². The van der Waals surface area contributed by atoms with Gasteiger partial charge in [-0.25, -0.2) is 0 Å². The number of benzene rings is 2. The van der Waals surface area contributed by atoms with Crippen molar-refractivity contribution in [3.63, 3.8) is 0 Å². The molecule has 0 saturated carbocycles. The number of ketones is 1. The standard InChI is InChI=1S/C13H9BrOS/c14-10-7-16-11-6-5-8-3-1-2-4-9(8)12(11)13(10)15/h1-6,10H,7H2. The summed E-state index contributed by atoms with van der Waals surface area (Å²) < 4.78 is 0. The smallest absolute Gasteiger partial charge is 0.179 e. The Labute approximate surface area is 106 Å². The first-order valence-electron chi connectivity index (χ1n) is 5.10. The van der Waals surface area contributed by atoms with Crippen molar-refractivity contribution in [2.45, 2.75) is 9.72 Å². The van der Waals surface area contributed by atoms with Gasteiger partial charge in [0.2, 0.25) is 0 Å². The van der Waals surface area contributed by atoms with Gasteiger partial charge in [0.15, 0.2) is 5.78 Å². The van der Waals surface area contributed by atoms with Crippen LogP contribution in [0.25, 0.3) is 10.8 Å². The summed E-state index contributed by atoms with van der Waals surface area (Å²) in [5.41, 5.74) is 0.885. The maximum Gasteiger partial charge on any atom is 0.179 e. The molecular weight excluding hydrogens is 284 g/mol. The van der Waals surface area contributed by atoms with Gasteiger partial charge in [0.25, 0.3) is 0 Å². The molecule has 1 nitrogen and oxygen atoms in total. The third-order valence-corrected chi connectivity index (χ3v) is 5.13. The van der Waals surface area contributed by atoms with Gasteiger partial charge in [-0.05, 0) is 16.8 Å². The molecule has 1 unspecified atom stereocenters. The van der Waals surface area contributed by atoms with Crippen LogP contribution in [0.15, 0.2) is 41.3 Å². The average molecular weight is 293 g/mol. The fraction of sp³-hybridized carbons (Fsp3) is 0.154. The molecule has 0 aromatic heterocycles. The first kappa shape index (κ1) is 10.4. The third-order valence-electron chi connectivity index (χ3n) is 2.81. The van der Waals surface area contributed by atoms with E-state index in [0.717, 1.165) is 27.0 Å². The quantitative estimate of drug-likeness (QED) is 0.685. The van der Waals surface area contributed by atoms with E-state index >= 15 is 0 Å². The number of halogens is 1. The highest BCUT2D eigenvalue weighted by Crippen LogP contribution is 2.36. The zero-order valence-corrected chi connectivity index (χ0v) is 10.8. The largest absolute Gasteiger partial charge is 0.293 e. The van der Waals surface area contributed by atoms with Gasteiger partial charge in [0.1, 0.15) is 0 Å². The average Bonchev–Trinajstić information content (AvgIpc) is 2.33. The van der Waals surface area contributed by atoms with E-state index < -0.39 is 0 Å². The Kier molecular flexibility index (Phi) is 2.52. The predicted octanol–water partition coefficient (Wildman–Crippen LogP) is 3.89. The summed E-state index contributed by atoms with van der Waals surface area (Å²) in [6.07, 6.45) is 0. The van der Waals surface area contributed by atoms with Crippen molar-refractivity contribution in [3.8, 4) is 0 Å². The lowest BCUT2D eigenvalue weighted by molar-refractivity contribution is 0.0994. The van der Waals surface area contributed by atoms with Crippen molar-refractivity contribution >= 4 is 44.2 Å². The Hall–Kier alpha value is -0.800. The van der Waals surface area contributed by atoms with E-state index in [9.17, 15) is 4.79 Å². The van der Waals surface area contributed by atoms with Gasteiger partial charge in [-0.1, -0.05) is 46.3 Å². The number of rotatable bonds is 0. The molecule has 2 aromatic rings. The molecular formula is C13H9BrOS. The molecule has 0 bridgehead atoms. The fourth-order valence-electron chi connectivity index (χ4n) is 2.02. The molecule has 0 radical (unpaired) electrons. The lowest BCUT2D eigenvalue weighted by Gasteiger charge is -2.20. The molecule has 3 rings (SSSR count). The van der Waals surface area contributed by atoms with Crippen LogP contribution < -0.4 is 0 Å². The van der Waals surface area contributed by atoms with Crippen LogP contribution in [0.3, 0.4) is 0 Å². The van der Waals surface area contributed by atoms with Crippen LogP contribution in [0.4, 0.5) is 0 Å². The topological polar surface area (TPSA) is 17.1 Å². The summed E-state index contributed by atoms with van der Waals surface area (Å²) >= 11 is 5.19. The maximum atomic E-state index is 12.2. The zero-order chi connectivity index (χ0) is 11.1. The lowest BCUT2D eigenvalue weighted by Crippen LogP contribution is -2.22. The van der Waals surface area contributed by atoms with Gasteiger partial charge < -0.3 is 0 Å². The summed E-state index contributed by atoms with van der Waals surface area (Å²) in [5, 5.41) is 2.21. The number of carbonyl (C=O) groups is 1. The second-order valence-corrected chi connectivity index (χ2v) is 5.97. The van der Waals surface area contributed by atoms with Crippen LogP contribution in [0.5, 0.6) is 0 Å². The Morgan fingerprint density at radius 1 is 1.19 bits per heavy atom. The van der Waals surface area contributed by atoms with Crippen molar-refractivity contribution in [2.24, 2.45) is 0 Å². The number of hydrogen-bond donors (Lipinski definition) is 0. The lowest BCUT2D eigenvalue weighted by atomic mass is 10.00. The highest BCUT2D eigenvalue weighted by Gasteiger charge is 2.27. The van der Waals surface area contributed by atoms with Crippen molar-refractivity contribution in [2.75, 3.05) is 5.75 Å². The van der Waals surface area contributed by atoms with E-state index in [1.54, 1.807) is 11.8 Å². The van der Waals surface area contributed by atoms with E-state index in [1.807, 2.05) is 24.3 Å². The van der Waals surface area contributed by atoms with Gasteiger partial charge >= 0.3 is 0 Å². The highest BCUT2D eigenvalue weighted by molar-refractivity contribution is 9.10. The van der Waals surface area contributed by atoms with Crippen molar-refractivity contribution in [1.82, 2.24) is 0 Å². The van der Waals surface area contributed by atoms with Gasteiger partial charge in [0.05, 0.1) is 4.83 Å². The van der Waals surface area contributed by atoms with Gasteiger partial charge in [0, 0.05) is 16.2 Å². The number of Topliss-reactive ketones (excluding diaryl/α,β-unsaturated/α-hetero) is 1. The van der Waals surface area contributed by atoms with E-state index in [1.165, 1.54) is 0 Å². The summed E-state index contributed by atoms with van der Waals surface area (Å²) in [7, 11) is 0. The number of hydrogen-bond acceptors (Lipinski definition) is 2. The molecule has 1 aliphatic rings. The van der Waals surface area contributed by atoms with Crippen LogP contribution >= 0.6 is 27.7 Å². The number of thioether (sulfide) groups is 1. The molecule has 0 spiro atoms. The Balaban J connectivity index is 2.36. The van der Waals surface area contributed by atoms with Gasteiger partial charge in [-0.2, -0.15) is 0 Å². The second kappa shape index (κ2) is 3.90. The molecule has 3 heteroatoms. The maximum absolute atomic E-state index is 12.2. The molecule has 1 heterocycles.